The van der Waals surface area contributed by atoms with Gasteiger partial charge in [-0.2, -0.15) is 5.26 Å². The number of rotatable bonds is 4. The van der Waals surface area contributed by atoms with Gasteiger partial charge in [0.15, 0.2) is 0 Å². The molecule has 0 radical (unpaired) electrons. The van der Waals surface area contributed by atoms with Crippen LogP contribution in [-0.4, -0.2) is 48.5 Å². The third kappa shape index (κ3) is 4.48. The lowest BCUT2D eigenvalue weighted by Crippen LogP contribution is -2.50. The van der Waals surface area contributed by atoms with Crippen molar-refractivity contribution in [1.29, 1.82) is 5.26 Å². The molecule has 1 fully saturated rings. The van der Waals surface area contributed by atoms with Crippen LogP contribution in [0.25, 0.3) is 11.1 Å². The SMILES string of the molecule is Cc1c(NC(=O)c2ccc(N3CCN(C)C(C)C3)nc2)cccc1-c1ccc(C#N)cc1. The lowest BCUT2D eigenvalue weighted by molar-refractivity contribution is 0.102. The Kier molecular flexibility index (Phi) is 6.20. The van der Waals surface area contributed by atoms with E-state index in [4.69, 9.17) is 5.26 Å². The molecule has 4 rings (SSSR count). The summed E-state index contributed by atoms with van der Waals surface area (Å²) in [5, 5.41) is 12.0. The van der Waals surface area contributed by atoms with Crippen molar-refractivity contribution in [1.82, 2.24) is 9.88 Å². The molecule has 1 N–H and O–H groups in total. The largest absolute Gasteiger partial charge is 0.354 e. The molecule has 0 spiro atoms. The molecule has 1 saturated heterocycles. The number of piperazine rings is 1. The number of nitriles is 1. The number of nitrogens with one attached hydrogen (secondary N) is 1. The van der Waals surface area contributed by atoms with Gasteiger partial charge in [-0.3, -0.25) is 4.79 Å². The molecular formula is C26H27N5O. The molecule has 0 bridgehead atoms. The molecule has 2 aromatic carbocycles. The van der Waals surface area contributed by atoms with E-state index in [1.54, 1.807) is 18.3 Å². The maximum atomic E-state index is 12.9. The smallest absolute Gasteiger partial charge is 0.257 e. The number of carbonyl (C=O) groups is 1. The Balaban J connectivity index is 1.48. The van der Waals surface area contributed by atoms with Crippen molar-refractivity contribution in [2.24, 2.45) is 0 Å². The molecule has 0 aliphatic carbocycles. The molecule has 1 aliphatic heterocycles. The van der Waals surface area contributed by atoms with Crippen LogP contribution in [0.5, 0.6) is 0 Å². The number of anilines is 2. The highest BCUT2D eigenvalue weighted by Gasteiger charge is 2.21. The number of hydrogen-bond donors (Lipinski definition) is 1. The van der Waals surface area contributed by atoms with Crippen LogP contribution in [0.4, 0.5) is 11.5 Å². The minimum Gasteiger partial charge on any atom is -0.354 e. The first-order valence-corrected chi connectivity index (χ1v) is 10.8. The second-order valence-corrected chi connectivity index (χ2v) is 8.30. The van der Waals surface area contributed by atoms with Gasteiger partial charge in [-0.15, -0.1) is 0 Å². The van der Waals surface area contributed by atoms with Crippen molar-refractivity contribution in [3.8, 4) is 17.2 Å². The van der Waals surface area contributed by atoms with Crippen LogP contribution in [0.3, 0.4) is 0 Å². The molecule has 6 nitrogen and oxygen atoms in total. The van der Waals surface area contributed by atoms with Crippen molar-refractivity contribution in [2.75, 3.05) is 36.9 Å². The summed E-state index contributed by atoms with van der Waals surface area (Å²) in [5.41, 5.74) is 4.90. The lowest BCUT2D eigenvalue weighted by atomic mass is 9.98. The predicted octanol–water partition coefficient (Wildman–Crippen LogP) is 4.32. The second-order valence-electron chi connectivity index (χ2n) is 8.30. The van der Waals surface area contributed by atoms with E-state index in [2.05, 4.69) is 40.1 Å². The average Bonchev–Trinajstić information content (AvgIpc) is 2.82. The molecule has 1 amide bonds. The highest BCUT2D eigenvalue weighted by Crippen LogP contribution is 2.29. The minimum absolute atomic E-state index is 0.184. The maximum absolute atomic E-state index is 12.9. The summed E-state index contributed by atoms with van der Waals surface area (Å²) in [6.07, 6.45) is 1.65. The molecule has 162 valence electrons. The Bertz CT molecular complexity index is 1150. The molecular weight excluding hydrogens is 398 g/mol. The topological polar surface area (TPSA) is 72.3 Å². The van der Waals surface area contributed by atoms with Crippen LogP contribution in [0.2, 0.25) is 0 Å². The highest BCUT2D eigenvalue weighted by atomic mass is 16.1. The van der Waals surface area contributed by atoms with Crippen LogP contribution >= 0.6 is 0 Å². The monoisotopic (exact) mass is 425 g/mol. The van der Waals surface area contributed by atoms with Gasteiger partial charge in [0.25, 0.3) is 5.91 Å². The number of aromatic nitrogens is 1. The number of hydrogen-bond acceptors (Lipinski definition) is 5. The normalized spacial score (nSPS) is 16.4. The first kappa shape index (κ1) is 21.5. The first-order valence-electron chi connectivity index (χ1n) is 10.8. The van der Waals surface area contributed by atoms with Crippen LogP contribution in [0.1, 0.15) is 28.4 Å². The zero-order valence-corrected chi connectivity index (χ0v) is 18.7. The van der Waals surface area contributed by atoms with Crippen LogP contribution in [0.15, 0.2) is 60.8 Å². The average molecular weight is 426 g/mol. The van der Waals surface area contributed by atoms with E-state index >= 15 is 0 Å². The Morgan fingerprint density at radius 2 is 1.91 bits per heavy atom. The van der Waals surface area contributed by atoms with E-state index in [1.807, 2.05) is 49.4 Å². The number of carbonyl (C=O) groups excluding carboxylic acids is 1. The molecule has 1 unspecified atom stereocenters. The molecule has 2 heterocycles. The summed E-state index contributed by atoms with van der Waals surface area (Å²) in [6, 6.07) is 19.6. The van der Waals surface area contributed by atoms with Crippen molar-refractivity contribution < 1.29 is 4.79 Å². The number of likely N-dealkylation sites (N-methyl/N-ethyl adjacent to an activating group) is 1. The van der Waals surface area contributed by atoms with Crippen LogP contribution in [-0.2, 0) is 0 Å². The third-order valence-electron chi connectivity index (χ3n) is 6.20. The lowest BCUT2D eigenvalue weighted by Gasteiger charge is -2.38. The predicted molar refractivity (Wildman–Crippen MR) is 128 cm³/mol. The van der Waals surface area contributed by atoms with E-state index in [9.17, 15) is 4.79 Å². The Morgan fingerprint density at radius 3 is 2.56 bits per heavy atom. The fraction of sp³-hybridized carbons (Fsp3) is 0.269. The molecule has 32 heavy (non-hydrogen) atoms. The van der Waals surface area contributed by atoms with E-state index in [0.29, 0.717) is 17.2 Å². The van der Waals surface area contributed by atoms with Crippen LogP contribution < -0.4 is 10.2 Å². The summed E-state index contributed by atoms with van der Waals surface area (Å²) in [5.74, 6) is 0.719. The second kappa shape index (κ2) is 9.21. The molecule has 1 atom stereocenters. The third-order valence-corrected chi connectivity index (χ3v) is 6.20. The van der Waals surface area contributed by atoms with Gasteiger partial charge < -0.3 is 15.1 Å². The van der Waals surface area contributed by atoms with Gasteiger partial charge in [0.05, 0.1) is 17.2 Å². The van der Waals surface area contributed by atoms with E-state index < -0.39 is 0 Å². The summed E-state index contributed by atoms with van der Waals surface area (Å²) in [6.45, 7) is 7.05. The van der Waals surface area contributed by atoms with Gasteiger partial charge >= 0.3 is 0 Å². The van der Waals surface area contributed by atoms with E-state index in [1.165, 1.54) is 0 Å². The van der Waals surface area contributed by atoms with Gasteiger partial charge in [0, 0.05) is 37.6 Å². The highest BCUT2D eigenvalue weighted by molar-refractivity contribution is 6.05. The number of pyridine rings is 1. The number of amides is 1. The molecule has 1 aliphatic rings. The maximum Gasteiger partial charge on any atom is 0.257 e. The van der Waals surface area contributed by atoms with Gasteiger partial charge in [-0.05, 0) is 67.9 Å². The number of nitrogens with zero attached hydrogens (tertiary/aromatic N) is 4. The summed E-state index contributed by atoms with van der Waals surface area (Å²) >= 11 is 0. The number of benzene rings is 2. The van der Waals surface area contributed by atoms with E-state index in [-0.39, 0.29) is 5.91 Å². The standard InChI is InChI=1S/C26H27N5O/c1-18-17-31(14-13-30(18)3)25-12-11-22(16-28-25)26(32)29-24-6-4-5-23(19(24)2)21-9-7-20(15-27)8-10-21/h4-12,16,18H,13-14,17H2,1-3H3,(H,29,32). The van der Waals surface area contributed by atoms with Crippen molar-refractivity contribution >= 4 is 17.4 Å². The molecule has 1 aromatic heterocycles. The molecule has 3 aromatic rings. The zero-order chi connectivity index (χ0) is 22.7. The van der Waals surface area contributed by atoms with Crippen LogP contribution in [0, 0.1) is 18.3 Å². The van der Waals surface area contributed by atoms with Crippen molar-refractivity contribution in [3.05, 3.63) is 77.5 Å². The summed E-state index contributed by atoms with van der Waals surface area (Å²) in [7, 11) is 2.14. The van der Waals surface area contributed by atoms with Gasteiger partial charge in [-0.1, -0.05) is 24.3 Å². The van der Waals surface area contributed by atoms with Crippen molar-refractivity contribution in [3.63, 3.8) is 0 Å². The Hall–Kier alpha value is -3.69. The van der Waals surface area contributed by atoms with Gasteiger partial charge in [0.1, 0.15) is 5.82 Å². The Morgan fingerprint density at radius 1 is 1.12 bits per heavy atom. The first-order chi connectivity index (χ1) is 15.5. The molecule has 0 saturated carbocycles. The van der Waals surface area contributed by atoms with Crippen molar-refractivity contribution in [2.45, 2.75) is 19.9 Å². The summed E-state index contributed by atoms with van der Waals surface area (Å²) < 4.78 is 0. The van der Waals surface area contributed by atoms with Gasteiger partial charge in [0.2, 0.25) is 0 Å². The van der Waals surface area contributed by atoms with E-state index in [0.717, 1.165) is 47.8 Å². The summed E-state index contributed by atoms with van der Waals surface area (Å²) in [4.78, 5) is 22.0. The quantitative estimate of drug-likeness (QED) is 0.674. The Labute approximate surface area is 189 Å². The van der Waals surface area contributed by atoms with Gasteiger partial charge in [-0.25, -0.2) is 4.98 Å². The molecule has 6 heteroatoms. The zero-order valence-electron chi connectivity index (χ0n) is 18.7. The minimum atomic E-state index is -0.184. The fourth-order valence-electron chi connectivity index (χ4n) is 3.97. The fourth-order valence-corrected chi connectivity index (χ4v) is 3.97.